The molecule has 2 atom stereocenters. The van der Waals surface area contributed by atoms with Crippen LogP contribution in [0.4, 0.5) is 0 Å². The highest BCUT2D eigenvalue weighted by Crippen LogP contribution is 2.20. The SMILES string of the molecule is CCC(=O)N1CCN([C@H]2CS(=O)(=O)C[C@@H]2O)CC1=O. The molecule has 0 spiro atoms. The van der Waals surface area contributed by atoms with Gasteiger partial charge in [0.25, 0.3) is 0 Å². The second kappa shape index (κ2) is 5.18. The molecule has 2 saturated heterocycles. The van der Waals surface area contributed by atoms with Crippen molar-refractivity contribution in [3.05, 3.63) is 0 Å². The van der Waals surface area contributed by atoms with Crippen molar-refractivity contribution in [1.82, 2.24) is 9.80 Å². The highest BCUT2D eigenvalue weighted by Gasteiger charge is 2.42. The average molecular weight is 290 g/mol. The van der Waals surface area contributed by atoms with Gasteiger partial charge in [0.2, 0.25) is 11.8 Å². The minimum Gasteiger partial charge on any atom is -0.390 e. The lowest BCUT2D eigenvalue weighted by molar-refractivity contribution is -0.149. The van der Waals surface area contributed by atoms with Gasteiger partial charge in [-0.2, -0.15) is 0 Å². The molecule has 2 amide bonds. The normalized spacial score (nSPS) is 31.7. The number of rotatable bonds is 2. The van der Waals surface area contributed by atoms with Crippen molar-refractivity contribution in [2.24, 2.45) is 0 Å². The molecule has 8 heteroatoms. The fraction of sp³-hybridized carbons (Fsp3) is 0.818. The van der Waals surface area contributed by atoms with Crippen LogP contribution in [-0.2, 0) is 19.4 Å². The van der Waals surface area contributed by atoms with E-state index in [-0.39, 0.29) is 42.8 Å². The summed E-state index contributed by atoms with van der Waals surface area (Å²) < 4.78 is 22.9. The number of imide groups is 1. The van der Waals surface area contributed by atoms with E-state index in [0.717, 1.165) is 0 Å². The molecule has 2 heterocycles. The summed E-state index contributed by atoms with van der Waals surface area (Å²) >= 11 is 0. The van der Waals surface area contributed by atoms with Crippen LogP contribution in [0, 0.1) is 0 Å². The number of hydrogen-bond acceptors (Lipinski definition) is 6. The lowest BCUT2D eigenvalue weighted by Gasteiger charge is -2.37. The first kappa shape index (κ1) is 14.4. The van der Waals surface area contributed by atoms with Crippen molar-refractivity contribution in [3.8, 4) is 0 Å². The van der Waals surface area contributed by atoms with Gasteiger partial charge in [0.05, 0.1) is 30.2 Å². The second-order valence-corrected chi connectivity index (χ2v) is 7.13. The lowest BCUT2D eigenvalue weighted by atomic mass is 10.1. The fourth-order valence-electron chi connectivity index (χ4n) is 2.59. The number of amides is 2. The third kappa shape index (κ3) is 2.96. The van der Waals surface area contributed by atoms with Gasteiger partial charge < -0.3 is 5.11 Å². The number of carbonyl (C=O) groups excluding carboxylic acids is 2. The zero-order chi connectivity index (χ0) is 14.2. The van der Waals surface area contributed by atoms with Crippen LogP contribution in [0.25, 0.3) is 0 Å². The van der Waals surface area contributed by atoms with E-state index in [1.54, 1.807) is 11.8 Å². The Morgan fingerprint density at radius 1 is 1.37 bits per heavy atom. The quantitative estimate of drug-likeness (QED) is 0.646. The Labute approximate surface area is 112 Å². The third-order valence-electron chi connectivity index (χ3n) is 3.62. The molecule has 0 aromatic carbocycles. The van der Waals surface area contributed by atoms with E-state index in [4.69, 9.17) is 0 Å². The maximum atomic E-state index is 11.9. The molecule has 1 N–H and O–H groups in total. The van der Waals surface area contributed by atoms with E-state index in [1.165, 1.54) is 4.90 Å². The smallest absolute Gasteiger partial charge is 0.243 e. The van der Waals surface area contributed by atoms with Crippen molar-refractivity contribution in [1.29, 1.82) is 0 Å². The molecular weight excluding hydrogens is 272 g/mol. The van der Waals surface area contributed by atoms with E-state index < -0.39 is 22.0 Å². The van der Waals surface area contributed by atoms with Crippen LogP contribution in [0.2, 0.25) is 0 Å². The molecule has 0 aliphatic carbocycles. The Bertz CT molecular complexity index is 489. The molecule has 0 aromatic heterocycles. The maximum absolute atomic E-state index is 11.9. The van der Waals surface area contributed by atoms with Gasteiger partial charge in [-0.3, -0.25) is 19.4 Å². The van der Waals surface area contributed by atoms with E-state index >= 15 is 0 Å². The first-order valence-corrected chi connectivity index (χ1v) is 8.12. The van der Waals surface area contributed by atoms with Gasteiger partial charge in [-0.05, 0) is 0 Å². The van der Waals surface area contributed by atoms with Crippen LogP contribution in [0.15, 0.2) is 0 Å². The summed E-state index contributed by atoms with van der Waals surface area (Å²) in [5, 5.41) is 9.77. The topological polar surface area (TPSA) is 95.0 Å². The van der Waals surface area contributed by atoms with E-state index in [9.17, 15) is 23.1 Å². The Hall–Kier alpha value is -0.990. The predicted octanol–water partition coefficient (Wildman–Crippen LogP) is -1.77. The first-order valence-electron chi connectivity index (χ1n) is 6.30. The van der Waals surface area contributed by atoms with E-state index in [0.29, 0.717) is 6.54 Å². The average Bonchev–Trinajstić information content (AvgIpc) is 2.61. The van der Waals surface area contributed by atoms with Gasteiger partial charge in [0.15, 0.2) is 9.84 Å². The minimum absolute atomic E-state index is 0.0109. The van der Waals surface area contributed by atoms with Gasteiger partial charge in [-0.1, -0.05) is 6.92 Å². The molecule has 0 unspecified atom stereocenters. The Morgan fingerprint density at radius 3 is 2.53 bits per heavy atom. The molecule has 2 aliphatic heterocycles. The van der Waals surface area contributed by atoms with Crippen LogP contribution in [0.1, 0.15) is 13.3 Å². The number of nitrogens with zero attached hydrogens (tertiary/aromatic N) is 2. The Balaban J connectivity index is 2.03. The predicted molar refractivity (Wildman–Crippen MR) is 67.0 cm³/mol. The number of aliphatic hydroxyl groups is 1. The molecule has 0 radical (unpaired) electrons. The summed E-state index contributed by atoms with van der Waals surface area (Å²) in [7, 11) is -3.23. The van der Waals surface area contributed by atoms with Crippen molar-refractivity contribution in [2.75, 3.05) is 31.1 Å². The summed E-state index contributed by atoms with van der Waals surface area (Å²) in [6.07, 6.45) is -0.683. The van der Waals surface area contributed by atoms with E-state index in [1.807, 2.05) is 0 Å². The summed E-state index contributed by atoms with van der Waals surface area (Å²) in [5.41, 5.74) is 0. The van der Waals surface area contributed by atoms with Crippen LogP contribution < -0.4 is 0 Å². The van der Waals surface area contributed by atoms with Crippen LogP contribution in [0.5, 0.6) is 0 Å². The molecular formula is C11H18N2O5S. The van der Waals surface area contributed by atoms with Gasteiger partial charge in [0.1, 0.15) is 0 Å². The van der Waals surface area contributed by atoms with Gasteiger partial charge in [0, 0.05) is 19.5 Å². The third-order valence-corrected chi connectivity index (χ3v) is 5.32. The van der Waals surface area contributed by atoms with Gasteiger partial charge in [-0.25, -0.2) is 8.42 Å². The molecule has 19 heavy (non-hydrogen) atoms. The minimum atomic E-state index is -3.23. The van der Waals surface area contributed by atoms with E-state index in [2.05, 4.69) is 0 Å². The Morgan fingerprint density at radius 2 is 2.05 bits per heavy atom. The van der Waals surface area contributed by atoms with Crippen LogP contribution in [0.3, 0.4) is 0 Å². The Kier molecular flexibility index (Phi) is 3.93. The molecule has 2 fully saturated rings. The molecule has 0 bridgehead atoms. The summed E-state index contributed by atoms with van der Waals surface area (Å²) in [4.78, 5) is 26.2. The highest BCUT2D eigenvalue weighted by atomic mass is 32.2. The number of sulfone groups is 1. The molecule has 108 valence electrons. The van der Waals surface area contributed by atoms with Crippen LogP contribution >= 0.6 is 0 Å². The molecule has 7 nitrogen and oxygen atoms in total. The molecule has 0 saturated carbocycles. The molecule has 2 rings (SSSR count). The lowest BCUT2D eigenvalue weighted by Crippen LogP contribution is -2.57. The number of aliphatic hydroxyl groups excluding tert-OH is 1. The number of carbonyl (C=O) groups is 2. The standard InChI is InChI=1S/C11H18N2O5S/c1-2-10(15)13-4-3-12(5-11(13)16)8-6-19(17,18)7-9(8)14/h8-9,14H,2-7H2,1H3/t8-,9-/m0/s1. The first-order chi connectivity index (χ1) is 8.84. The second-order valence-electron chi connectivity index (χ2n) is 4.97. The summed E-state index contributed by atoms with van der Waals surface area (Å²) in [6, 6.07) is -0.534. The highest BCUT2D eigenvalue weighted by molar-refractivity contribution is 7.91. The van der Waals surface area contributed by atoms with Crippen molar-refractivity contribution in [2.45, 2.75) is 25.5 Å². The number of piperazine rings is 1. The molecule has 0 aromatic rings. The maximum Gasteiger partial charge on any atom is 0.243 e. The fourth-order valence-corrected chi connectivity index (χ4v) is 4.42. The number of hydrogen-bond donors (Lipinski definition) is 1. The van der Waals surface area contributed by atoms with Crippen molar-refractivity contribution >= 4 is 21.7 Å². The van der Waals surface area contributed by atoms with Gasteiger partial charge >= 0.3 is 0 Å². The van der Waals surface area contributed by atoms with Crippen LogP contribution in [-0.4, -0.2) is 78.4 Å². The van der Waals surface area contributed by atoms with Gasteiger partial charge in [-0.15, -0.1) is 0 Å². The zero-order valence-electron chi connectivity index (χ0n) is 10.8. The zero-order valence-corrected chi connectivity index (χ0v) is 11.6. The molecule has 2 aliphatic rings. The largest absolute Gasteiger partial charge is 0.390 e. The summed E-state index contributed by atoms with van der Waals surface area (Å²) in [5.74, 6) is -0.915. The van der Waals surface area contributed by atoms with Crippen molar-refractivity contribution < 1.29 is 23.1 Å². The summed E-state index contributed by atoms with van der Waals surface area (Å²) in [6.45, 7) is 2.35. The monoisotopic (exact) mass is 290 g/mol. The van der Waals surface area contributed by atoms with Crippen molar-refractivity contribution in [3.63, 3.8) is 0 Å².